The summed E-state index contributed by atoms with van der Waals surface area (Å²) in [6.07, 6.45) is -3.16. The van der Waals surface area contributed by atoms with E-state index >= 15 is 0 Å². The number of benzene rings is 1. The standard InChI is InChI=1S/C9H10F2N2O3/c10-9(11)4-6(12)5-1-2-8(14)7(3-5)13(15)16/h1-3,6,9,14H,4,12H2/t6-/m1/s1. The second-order valence-corrected chi connectivity index (χ2v) is 3.24. The first kappa shape index (κ1) is 12.3. The molecule has 0 bridgehead atoms. The van der Waals surface area contributed by atoms with Crippen molar-refractivity contribution in [3.63, 3.8) is 0 Å². The number of nitro benzene ring substituents is 1. The summed E-state index contributed by atoms with van der Waals surface area (Å²) in [5.74, 6) is -0.516. The van der Waals surface area contributed by atoms with E-state index in [2.05, 4.69) is 0 Å². The molecule has 0 aliphatic heterocycles. The third-order valence-electron chi connectivity index (χ3n) is 2.06. The summed E-state index contributed by atoms with van der Waals surface area (Å²) < 4.78 is 24.1. The lowest BCUT2D eigenvalue weighted by atomic mass is 10.0. The number of nitrogens with zero attached hydrogens (tertiary/aromatic N) is 1. The highest BCUT2D eigenvalue weighted by Crippen LogP contribution is 2.29. The number of nitrogens with two attached hydrogens (primary N) is 1. The normalized spacial score (nSPS) is 12.8. The van der Waals surface area contributed by atoms with Gasteiger partial charge in [-0.3, -0.25) is 10.1 Å². The first-order valence-corrected chi connectivity index (χ1v) is 4.43. The van der Waals surface area contributed by atoms with Crippen LogP contribution in [-0.2, 0) is 0 Å². The van der Waals surface area contributed by atoms with Crippen molar-refractivity contribution in [2.45, 2.75) is 18.9 Å². The molecule has 0 heterocycles. The molecule has 0 amide bonds. The van der Waals surface area contributed by atoms with Crippen LogP contribution in [0.3, 0.4) is 0 Å². The third-order valence-corrected chi connectivity index (χ3v) is 2.06. The van der Waals surface area contributed by atoms with E-state index in [1.165, 1.54) is 6.07 Å². The van der Waals surface area contributed by atoms with Crippen LogP contribution in [0.5, 0.6) is 5.75 Å². The Kier molecular flexibility index (Phi) is 3.73. The predicted molar refractivity (Wildman–Crippen MR) is 52.3 cm³/mol. The lowest BCUT2D eigenvalue weighted by Gasteiger charge is -2.11. The summed E-state index contributed by atoms with van der Waals surface area (Å²) in [5, 5.41) is 19.6. The van der Waals surface area contributed by atoms with Gasteiger partial charge in [0.05, 0.1) is 4.92 Å². The van der Waals surface area contributed by atoms with Crippen LogP contribution in [0, 0.1) is 10.1 Å². The van der Waals surface area contributed by atoms with Gasteiger partial charge in [0.15, 0.2) is 5.75 Å². The minimum Gasteiger partial charge on any atom is -0.502 e. The minimum atomic E-state index is -2.58. The van der Waals surface area contributed by atoms with Crippen molar-refractivity contribution in [2.75, 3.05) is 0 Å². The Hall–Kier alpha value is -1.76. The van der Waals surface area contributed by atoms with Crippen LogP contribution < -0.4 is 5.73 Å². The molecule has 5 nitrogen and oxygen atoms in total. The molecule has 0 aliphatic carbocycles. The zero-order valence-corrected chi connectivity index (χ0v) is 8.14. The molecule has 1 aromatic carbocycles. The Morgan fingerprint density at radius 2 is 2.12 bits per heavy atom. The number of rotatable bonds is 4. The maximum atomic E-state index is 12.0. The number of hydrogen-bond donors (Lipinski definition) is 2. The second kappa shape index (κ2) is 4.84. The minimum absolute atomic E-state index is 0.199. The molecule has 0 aliphatic rings. The molecular weight excluding hydrogens is 222 g/mol. The van der Waals surface area contributed by atoms with Crippen LogP contribution in [0.15, 0.2) is 18.2 Å². The average molecular weight is 232 g/mol. The topological polar surface area (TPSA) is 89.4 Å². The highest BCUT2D eigenvalue weighted by Gasteiger charge is 2.18. The fourth-order valence-electron chi connectivity index (χ4n) is 1.25. The molecule has 1 aromatic rings. The van der Waals surface area contributed by atoms with Crippen LogP contribution in [0.4, 0.5) is 14.5 Å². The molecule has 16 heavy (non-hydrogen) atoms. The van der Waals surface area contributed by atoms with Gasteiger partial charge >= 0.3 is 5.69 Å². The molecular formula is C9H10F2N2O3. The van der Waals surface area contributed by atoms with Gasteiger partial charge in [-0.15, -0.1) is 0 Å². The summed E-state index contributed by atoms with van der Waals surface area (Å²) in [4.78, 5) is 9.68. The van der Waals surface area contributed by atoms with Crippen LogP contribution in [0.1, 0.15) is 18.0 Å². The van der Waals surface area contributed by atoms with Gasteiger partial charge in [0.25, 0.3) is 0 Å². The fraction of sp³-hybridized carbons (Fsp3) is 0.333. The fourth-order valence-corrected chi connectivity index (χ4v) is 1.25. The van der Waals surface area contributed by atoms with Gasteiger partial charge in [0.2, 0.25) is 6.43 Å². The van der Waals surface area contributed by atoms with Gasteiger partial charge in [-0.05, 0) is 11.6 Å². The third kappa shape index (κ3) is 2.86. The van der Waals surface area contributed by atoms with E-state index < -0.39 is 35.2 Å². The van der Waals surface area contributed by atoms with E-state index in [0.717, 1.165) is 12.1 Å². The lowest BCUT2D eigenvalue weighted by Crippen LogP contribution is -2.14. The van der Waals surface area contributed by atoms with Gasteiger partial charge < -0.3 is 10.8 Å². The molecule has 0 aromatic heterocycles. The van der Waals surface area contributed by atoms with Gasteiger partial charge in [0.1, 0.15) is 0 Å². The zero-order valence-electron chi connectivity index (χ0n) is 8.14. The van der Waals surface area contributed by atoms with E-state index in [4.69, 9.17) is 10.8 Å². The van der Waals surface area contributed by atoms with E-state index in [1.54, 1.807) is 0 Å². The molecule has 88 valence electrons. The Bertz CT molecular complexity index is 398. The Labute approximate surface area is 89.6 Å². The first-order chi connectivity index (χ1) is 7.41. The molecule has 0 radical (unpaired) electrons. The molecule has 1 atom stereocenters. The Balaban J connectivity index is 2.98. The Morgan fingerprint density at radius 3 is 2.62 bits per heavy atom. The van der Waals surface area contributed by atoms with Crippen molar-refractivity contribution in [2.24, 2.45) is 5.73 Å². The summed E-state index contributed by atoms with van der Waals surface area (Å²) in [6.45, 7) is 0. The second-order valence-electron chi connectivity index (χ2n) is 3.24. The van der Waals surface area contributed by atoms with E-state index in [0.29, 0.717) is 0 Å². The van der Waals surface area contributed by atoms with Gasteiger partial charge in [-0.2, -0.15) is 0 Å². The molecule has 0 unspecified atom stereocenters. The summed E-state index contributed by atoms with van der Waals surface area (Å²) in [7, 11) is 0. The lowest BCUT2D eigenvalue weighted by molar-refractivity contribution is -0.385. The molecule has 7 heteroatoms. The largest absolute Gasteiger partial charge is 0.502 e. The molecule has 0 saturated carbocycles. The number of nitro groups is 1. The summed E-state index contributed by atoms with van der Waals surface area (Å²) in [5.41, 5.74) is 5.09. The van der Waals surface area contributed by atoms with Gasteiger partial charge in [0, 0.05) is 18.5 Å². The van der Waals surface area contributed by atoms with E-state index in [1.807, 2.05) is 0 Å². The first-order valence-electron chi connectivity index (χ1n) is 4.43. The maximum absolute atomic E-state index is 12.0. The molecule has 0 spiro atoms. The van der Waals surface area contributed by atoms with E-state index in [-0.39, 0.29) is 5.56 Å². The van der Waals surface area contributed by atoms with Crippen molar-refractivity contribution in [3.8, 4) is 5.75 Å². The van der Waals surface area contributed by atoms with Crippen molar-refractivity contribution < 1.29 is 18.8 Å². The number of hydrogen-bond acceptors (Lipinski definition) is 4. The number of phenols is 1. The highest BCUT2D eigenvalue weighted by atomic mass is 19.3. The number of aromatic hydroxyl groups is 1. The van der Waals surface area contributed by atoms with Crippen molar-refractivity contribution >= 4 is 5.69 Å². The maximum Gasteiger partial charge on any atom is 0.311 e. The van der Waals surface area contributed by atoms with Crippen molar-refractivity contribution in [1.82, 2.24) is 0 Å². The van der Waals surface area contributed by atoms with Crippen molar-refractivity contribution in [1.29, 1.82) is 0 Å². The Morgan fingerprint density at radius 1 is 1.50 bits per heavy atom. The highest BCUT2D eigenvalue weighted by molar-refractivity contribution is 5.48. The van der Waals surface area contributed by atoms with E-state index in [9.17, 15) is 18.9 Å². The average Bonchev–Trinajstić information content (AvgIpc) is 2.16. The quantitative estimate of drug-likeness (QED) is 0.613. The number of halogens is 2. The van der Waals surface area contributed by atoms with Crippen LogP contribution in [0.2, 0.25) is 0 Å². The predicted octanol–water partition coefficient (Wildman–Crippen LogP) is 1.96. The SMILES string of the molecule is N[C@H](CC(F)F)c1ccc(O)c([N+](=O)[O-])c1. The number of phenolic OH excluding ortho intramolecular Hbond substituents is 1. The van der Waals surface area contributed by atoms with Gasteiger partial charge in [-0.25, -0.2) is 8.78 Å². The summed E-state index contributed by atoms with van der Waals surface area (Å²) >= 11 is 0. The summed E-state index contributed by atoms with van der Waals surface area (Å²) in [6, 6.07) is 2.37. The molecule has 1 rings (SSSR count). The van der Waals surface area contributed by atoms with Crippen LogP contribution >= 0.6 is 0 Å². The van der Waals surface area contributed by atoms with Crippen LogP contribution in [-0.4, -0.2) is 16.5 Å². The smallest absolute Gasteiger partial charge is 0.311 e. The number of alkyl halides is 2. The van der Waals surface area contributed by atoms with Crippen molar-refractivity contribution in [3.05, 3.63) is 33.9 Å². The van der Waals surface area contributed by atoms with Gasteiger partial charge in [-0.1, -0.05) is 6.07 Å². The zero-order chi connectivity index (χ0) is 12.3. The molecule has 3 N–H and O–H groups in total. The molecule has 0 fully saturated rings. The van der Waals surface area contributed by atoms with Crippen LogP contribution in [0.25, 0.3) is 0 Å². The monoisotopic (exact) mass is 232 g/mol. The molecule has 0 saturated heterocycles.